The van der Waals surface area contributed by atoms with Crippen LogP contribution in [0.15, 0.2) is 66.9 Å². The van der Waals surface area contributed by atoms with Crippen LogP contribution in [0, 0.1) is 5.92 Å². The molecule has 0 radical (unpaired) electrons. The third-order valence-electron chi connectivity index (χ3n) is 6.14. The Morgan fingerprint density at radius 3 is 2.50 bits per heavy atom. The van der Waals surface area contributed by atoms with Gasteiger partial charge in [0.05, 0.1) is 11.2 Å². The minimum atomic E-state index is -0.988. The smallest absolute Gasteiger partial charge is 0.270 e. The van der Waals surface area contributed by atoms with Gasteiger partial charge in [0.1, 0.15) is 10.9 Å². The first-order chi connectivity index (χ1) is 18.3. The fraction of sp³-hybridized carbons (Fsp3) is 0.250. The summed E-state index contributed by atoms with van der Waals surface area (Å²) < 4.78 is 4.00. The number of hydrogen-bond donors (Lipinski definition) is 3. The minimum Gasteiger partial charge on any atom is -0.395 e. The molecule has 4 aromatic rings. The largest absolute Gasteiger partial charge is 0.395 e. The van der Waals surface area contributed by atoms with Gasteiger partial charge in [-0.2, -0.15) is 4.37 Å². The summed E-state index contributed by atoms with van der Waals surface area (Å²) in [6, 6.07) is 17.6. The number of hydrogen-bond acceptors (Lipinski definition) is 7. The van der Waals surface area contributed by atoms with Crippen molar-refractivity contribution >= 4 is 45.8 Å². The Morgan fingerprint density at radius 1 is 1.05 bits per heavy atom. The van der Waals surface area contributed by atoms with Crippen LogP contribution in [0.2, 0.25) is 0 Å². The third kappa shape index (κ3) is 5.97. The molecule has 9 nitrogen and oxygen atoms in total. The third-order valence-corrected chi connectivity index (χ3v) is 6.99. The Balaban J connectivity index is 1.82. The van der Waals surface area contributed by atoms with Crippen LogP contribution in [0.1, 0.15) is 57.6 Å². The lowest BCUT2D eigenvalue weighted by Crippen LogP contribution is -2.43. The molecule has 2 aromatic heterocycles. The Kier molecular flexibility index (Phi) is 8.32. The van der Waals surface area contributed by atoms with Gasteiger partial charge in [-0.15, -0.1) is 0 Å². The number of aromatic nitrogens is 2. The molecular formula is C28H30N6O3S. The molecule has 0 spiro atoms. The van der Waals surface area contributed by atoms with Crippen molar-refractivity contribution in [2.75, 3.05) is 12.3 Å². The number of fused-ring (bicyclic) bond motifs is 1. The molecule has 10 heteroatoms. The summed E-state index contributed by atoms with van der Waals surface area (Å²) in [4.78, 5) is 45.5. The molecule has 0 fully saturated rings. The zero-order chi connectivity index (χ0) is 27.2. The molecule has 196 valence electrons. The van der Waals surface area contributed by atoms with E-state index < -0.39 is 17.9 Å². The molecule has 1 atom stereocenters. The van der Waals surface area contributed by atoms with E-state index >= 15 is 0 Å². The van der Waals surface area contributed by atoms with E-state index in [-0.39, 0.29) is 28.7 Å². The molecule has 3 amide bonds. The normalized spacial score (nSPS) is 11.9. The topological polar surface area (TPSA) is 144 Å². The monoisotopic (exact) mass is 530 g/mol. The van der Waals surface area contributed by atoms with E-state index in [0.29, 0.717) is 18.0 Å². The van der Waals surface area contributed by atoms with Gasteiger partial charge in [0, 0.05) is 24.7 Å². The number of carbonyl (C=O) groups is 3. The summed E-state index contributed by atoms with van der Waals surface area (Å²) >= 11 is 0.791. The van der Waals surface area contributed by atoms with Crippen molar-refractivity contribution in [2.24, 2.45) is 11.7 Å². The molecule has 2 aromatic carbocycles. The first-order valence-electron chi connectivity index (χ1n) is 12.3. The number of carbonyl (C=O) groups excluding carboxylic acids is 3. The predicted molar refractivity (Wildman–Crippen MR) is 148 cm³/mol. The molecule has 4 rings (SSSR count). The molecule has 0 aliphatic carbocycles. The first kappa shape index (κ1) is 26.7. The second kappa shape index (κ2) is 11.8. The number of benzene rings is 2. The van der Waals surface area contributed by atoms with Crippen LogP contribution in [0.25, 0.3) is 10.9 Å². The van der Waals surface area contributed by atoms with Crippen molar-refractivity contribution in [1.82, 2.24) is 19.6 Å². The maximum Gasteiger partial charge on any atom is 0.270 e. The van der Waals surface area contributed by atoms with Gasteiger partial charge in [0.15, 0.2) is 5.69 Å². The Morgan fingerprint density at radius 2 is 1.82 bits per heavy atom. The summed E-state index contributed by atoms with van der Waals surface area (Å²) in [5, 5.41) is 3.84. The number of nitrogen functional groups attached to an aromatic ring is 1. The van der Waals surface area contributed by atoms with E-state index in [9.17, 15) is 14.4 Å². The lowest BCUT2D eigenvalue weighted by molar-refractivity contribution is -0.126. The van der Waals surface area contributed by atoms with Gasteiger partial charge in [-0.05, 0) is 53.2 Å². The molecule has 0 aliphatic heterocycles. The van der Waals surface area contributed by atoms with Gasteiger partial charge in [-0.1, -0.05) is 56.3 Å². The highest BCUT2D eigenvalue weighted by atomic mass is 32.1. The number of nitrogens with one attached hydrogen (secondary N) is 1. The Labute approximate surface area is 225 Å². The van der Waals surface area contributed by atoms with Gasteiger partial charge in [0.25, 0.3) is 11.8 Å². The quantitative estimate of drug-likeness (QED) is 0.283. The average Bonchev–Trinajstić information content (AvgIpc) is 3.29. The second-order valence-electron chi connectivity index (χ2n) is 9.39. The number of rotatable bonds is 10. The number of anilines is 1. The van der Waals surface area contributed by atoms with Crippen LogP contribution >= 0.6 is 11.5 Å². The molecule has 0 bridgehead atoms. The molecule has 0 aliphatic rings. The molecule has 0 saturated carbocycles. The average molecular weight is 531 g/mol. The summed E-state index contributed by atoms with van der Waals surface area (Å²) in [5.74, 6) is -1.27. The number of primary amides is 1. The van der Waals surface area contributed by atoms with E-state index in [4.69, 9.17) is 11.5 Å². The van der Waals surface area contributed by atoms with Crippen molar-refractivity contribution in [3.63, 3.8) is 0 Å². The van der Waals surface area contributed by atoms with E-state index in [1.54, 1.807) is 12.3 Å². The Bertz CT molecular complexity index is 1450. The number of nitrogens with two attached hydrogens (primary N) is 2. The fourth-order valence-electron chi connectivity index (χ4n) is 4.14. The first-order valence-corrected chi connectivity index (χ1v) is 13.1. The Hall–Kier alpha value is -4.31. The standard InChI is InChI=1S/C28H30N6O3S/c1-17(2)12-14-32-27(36)24(20-10-11-21-19(15-20)9-6-13-31-21)34(16-18-7-4-3-5-8-18)28(37)25-22(29)23(26(30)35)33-38-25/h3-11,13,15,17,24H,12,14,16,29H2,1-2H3,(H2,30,35)(H,32,36). The van der Waals surface area contributed by atoms with Crippen LogP contribution in [-0.4, -0.2) is 38.5 Å². The number of amides is 3. The van der Waals surface area contributed by atoms with Crippen LogP contribution in [0.5, 0.6) is 0 Å². The molecule has 2 heterocycles. The second-order valence-corrected chi connectivity index (χ2v) is 10.2. The van der Waals surface area contributed by atoms with Crippen molar-refractivity contribution in [1.29, 1.82) is 0 Å². The van der Waals surface area contributed by atoms with E-state index in [1.165, 1.54) is 4.90 Å². The molecule has 5 N–H and O–H groups in total. The van der Waals surface area contributed by atoms with Gasteiger partial charge < -0.3 is 21.7 Å². The van der Waals surface area contributed by atoms with E-state index in [0.717, 1.165) is 34.4 Å². The summed E-state index contributed by atoms with van der Waals surface area (Å²) in [6.45, 7) is 4.74. The van der Waals surface area contributed by atoms with E-state index in [1.807, 2.05) is 54.6 Å². The molecule has 1 unspecified atom stereocenters. The minimum absolute atomic E-state index is 0.0529. The summed E-state index contributed by atoms with van der Waals surface area (Å²) in [6.07, 6.45) is 2.49. The number of nitrogens with zero attached hydrogens (tertiary/aromatic N) is 3. The van der Waals surface area contributed by atoms with Crippen molar-refractivity contribution in [2.45, 2.75) is 32.9 Å². The number of pyridine rings is 1. The molecule has 0 saturated heterocycles. The highest BCUT2D eigenvalue weighted by Crippen LogP contribution is 2.31. The lowest BCUT2D eigenvalue weighted by atomic mass is 10.00. The van der Waals surface area contributed by atoms with Crippen LogP contribution < -0.4 is 16.8 Å². The lowest BCUT2D eigenvalue weighted by Gasteiger charge is -2.31. The fourth-order valence-corrected chi connectivity index (χ4v) is 4.90. The van der Waals surface area contributed by atoms with Crippen LogP contribution in [-0.2, 0) is 11.3 Å². The van der Waals surface area contributed by atoms with Gasteiger partial charge in [0.2, 0.25) is 5.91 Å². The predicted octanol–water partition coefficient (Wildman–Crippen LogP) is 3.92. The van der Waals surface area contributed by atoms with Crippen molar-refractivity contribution in [3.8, 4) is 0 Å². The maximum absolute atomic E-state index is 14.0. The van der Waals surface area contributed by atoms with Crippen molar-refractivity contribution < 1.29 is 14.4 Å². The summed E-state index contributed by atoms with van der Waals surface area (Å²) in [7, 11) is 0. The highest BCUT2D eigenvalue weighted by molar-refractivity contribution is 7.09. The van der Waals surface area contributed by atoms with Crippen molar-refractivity contribution in [3.05, 3.63) is 88.6 Å². The maximum atomic E-state index is 14.0. The van der Waals surface area contributed by atoms with Gasteiger partial charge in [-0.25, -0.2) is 0 Å². The van der Waals surface area contributed by atoms with Crippen LogP contribution in [0.3, 0.4) is 0 Å². The highest BCUT2D eigenvalue weighted by Gasteiger charge is 2.35. The SMILES string of the molecule is CC(C)CCNC(=O)C(c1ccc2ncccc2c1)N(Cc1ccccc1)C(=O)c1snc(C(N)=O)c1N. The summed E-state index contributed by atoms with van der Waals surface area (Å²) in [5.41, 5.74) is 13.5. The zero-order valence-corrected chi connectivity index (χ0v) is 22.1. The molecule has 38 heavy (non-hydrogen) atoms. The van der Waals surface area contributed by atoms with Gasteiger partial charge >= 0.3 is 0 Å². The zero-order valence-electron chi connectivity index (χ0n) is 21.3. The van der Waals surface area contributed by atoms with Gasteiger partial charge in [-0.3, -0.25) is 19.4 Å². The van der Waals surface area contributed by atoms with Crippen LogP contribution in [0.4, 0.5) is 5.69 Å². The van der Waals surface area contributed by atoms with E-state index in [2.05, 4.69) is 28.5 Å². The molecular weight excluding hydrogens is 500 g/mol.